The van der Waals surface area contributed by atoms with Crippen LogP contribution in [0.3, 0.4) is 0 Å². The van der Waals surface area contributed by atoms with Gasteiger partial charge in [0.2, 0.25) is 21.8 Å². The molecular weight excluding hydrogens is 440 g/mol. The van der Waals surface area contributed by atoms with Gasteiger partial charge in [-0.05, 0) is 55.3 Å². The number of sulfonamides is 1. The number of nitrogens with zero attached hydrogens (tertiary/aromatic N) is 2. The Balaban J connectivity index is 2.12. The van der Waals surface area contributed by atoms with E-state index < -0.39 is 27.7 Å². The minimum atomic E-state index is -3.65. The van der Waals surface area contributed by atoms with Crippen LogP contribution in [0.2, 0.25) is 0 Å². The summed E-state index contributed by atoms with van der Waals surface area (Å²) in [6.07, 6.45) is 1.20. The topological polar surface area (TPSA) is 86.8 Å². The zero-order chi connectivity index (χ0) is 23.9. The van der Waals surface area contributed by atoms with Gasteiger partial charge in [-0.25, -0.2) is 17.2 Å². The molecule has 0 spiro atoms. The van der Waals surface area contributed by atoms with E-state index in [1.54, 1.807) is 6.92 Å². The number of likely N-dealkylation sites (N-methyl/N-ethyl adjacent to an activating group) is 1. The van der Waals surface area contributed by atoms with Gasteiger partial charge in [-0.2, -0.15) is 0 Å². The fourth-order valence-electron chi connectivity index (χ4n) is 3.19. The van der Waals surface area contributed by atoms with Crippen molar-refractivity contribution >= 4 is 27.5 Å². The fourth-order valence-corrected chi connectivity index (χ4v) is 4.15. The molecule has 0 aliphatic heterocycles. The van der Waals surface area contributed by atoms with Crippen molar-refractivity contribution in [3.8, 4) is 0 Å². The van der Waals surface area contributed by atoms with Crippen molar-refractivity contribution in [2.45, 2.75) is 32.4 Å². The highest BCUT2D eigenvalue weighted by molar-refractivity contribution is 7.92. The average molecular weight is 468 g/mol. The van der Waals surface area contributed by atoms with E-state index >= 15 is 0 Å². The van der Waals surface area contributed by atoms with Gasteiger partial charge in [0.25, 0.3) is 0 Å². The molecular formula is C22H27F2N3O4S. The smallest absolute Gasteiger partial charge is 0.242 e. The van der Waals surface area contributed by atoms with Crippen LogP contribution in [0.25, 0.3) is 0 Å². The van der Waals surface area contributed by atoms with Gasteiger partial charge in [0.05, 0.1) is 11.9 Å². The van der Waals surface area contributed by atoms with Crippen LogP contribution in [-0.4, -0.2) is 51.0 Å². The van der Waals surface area contributed by atoms with Gasteiger partial charge in [0.15, 0.2) is 0 Å². The predicted octanol–water partition coefficient (Wildman–Crippen LogP) is 2.67. The quantitative estimate of drug-likeness (QED) is 0.582. The number of nitrogens with one attached hydrogen (secondary N) is 1. The Labute approximate surface area is 187 Å². The van der Waals surface area contributed by atoms with Gasteiger partial charge in [0, 0.05) is 26.6 Å². The summed E-state index contributed by atoms with van der Waals surface area (Å²) in [4.78, 5) is 26.5. The molecule has 0 aliphatic carbocycles. The van der Waals surface area contributed by atoms with Gasteiger partial charge < -0.3 is 10.2 Å². The number of rotatable bonds is 10. The molecule has 0 radical (unpaired) electrons. The Morgan fingerprint density at radius 2 is 1.53 bits per heavy atom. The monoisotopic (exact) mass is 467 g/mol. The molecule has 174 valence electrons. The van der Waals surface area contributed by atoms with Crippen LogP contribution in [0.15, 0.2) is 48.5 Å². The summed E-state index contributed by atoms with van der Waals surface area (Å²) in [5, 5.41) is 2.50. The van der Waals surface area contributed by atoms with E-state index in [0.717, 1.165) is 22.7 Å². The maximum Gasteiger partial charge on any atom is 0.242 e. The molecule has 0 bridgehead atoms. The van der Waals surface area contributed by atoms with Crippen LogP contribution < -0.4 is 9.62 Å². The minimum Gasteiger partial charge on any atom is -0.357 e. The second-order valence-electron chi connectivity index (χ2n) is 7.35. The van der Waals surface area contributed by atoms with Gasteiger partial charge in [0.1, 0.15) is 17.7 Å². The summed E-state index contributed by atoms with van der Waals surface area (Å²) >= 11 is 0. The number of benzene rings is 2. The lowest BCUT2D eigenvalue weighted by Gasteiger charge is -2.29. The summed E-state index contributed by atoms with van der Waals surface area (Å²) in [6, 6.07) is 9.87. The highest BCUT2D eigenvalue weighted by atomic mass is 32.2. The molecule has 7 nitrogen and oxygen atoms in total. The van der Waals surface area contributed by atoms with Gasteiger partial charge in [-0.15, -0.1) is 0 Å². The number of carbonyl (C=O) groups is 2. The Morgan fingerprint density at radius 1 is 1.00 bits per heavy atom. The molecule has 0 unspecified atom stereocenters. The third-order valence-corrected chi connectivity index (χ3v) is 6.14. The predicted molar refractivity (Wildman–Crippen MR) is 118 cm³/mol. The number of anilines is 1. The van der Waals surface area contributed by atoms with E-state index in [0.29, 0.717) is 11.3 Å². The largest absolute Gasteiger partial charge is 0.357 e. The van der Waals surface area contributed by atoms with Crippen LogP contribution in [0, 0.1) is 11.6 Å². The first-order valence-electron chi connectivity index (χ1n) is 10.0. The Kier molecular flexibility index (Phi) is 8.71. The number of halogens is 2. The van der Waals surface area contributed by atoms with Gasteiger partial charge >= 0.3 is 0 Å². The summed E-state index contributed by atoms with van der Waals surface area (Å²) in [5.41, 5.74) is 0.947. The number of amides is 2. The normalized spacial score (nSPS) is 12.2. The number of carbonyl (C=O) groups excluding carboxylic acids is 2. The minimum absolute atomic E-state index is 0.00888. The second kappa shape index (κ2) is 11.0. The zero-order valence-electron chi connectivity index (χ0n) is 18.2. The van der Waals surface area contributed by atoms with Crippen molar-refractivity contribution in [2.75, 3.05) is 24.2 Å². The molecule has 32 heavy (non-hydrogen) atoms. The van der Waals surface area contributed by atoms with E-state index in [4.69, 9.17) is 0 Å². The van der Waals surface area contributed by atoms with Crippen molar-refractivity contribution < 1.29 is 26.8 Å². The molecule has 2 rings (SSSR count). The van der Waals surface area contributed by atoms with E-state index in [-0.39, 0.29) is 37.7 Å². The summed E-state index contributed by atoms with van der Waals surface area (Å²) < 4.78 is 51.9. The molecule has 0 fully saturated rings. The molecule has 1 atom stereocenters. The molecule has 0 saturated heterocycles. The lowest BCUT2D eigenvalue weighted by Crippen LogP contribution is -2.46. The first-order valence-corrected chi connectivity index (χ1v) is 11.9. The van der Waals surface area contributed by atoms with Crippen molar-refractivity contribution in [1.29, 1.82) is 0 Å². The van der Waals surface area contributed by atoms with E-state index in [1.165, 1.54) is 48.3 Å². The highest BCUT2D eigenvalue weighted by Crippen LogP contribution is 2.19. The molecule has 0 heterocycles. The molecule has 2 aromatic carbocycles. The van der Waals surface area contributed by atoms with Crippen LogP contribution in [0.1, 0.15) is 25.3 Å². The maximum absolute atomic E-state index is 13.2. The van der Waals surface area contributed by atoms with E-state index in [9.17, 15) is 26.8 Å². The van der Waals surface area contributed by atoms with Crippen molar-refractivity contribution in [3.63, 3.8) is 0 Å². The lowest BCUT2D eigenvalue weighted by atomic mass is 10.1. The summed E-state index contributed by atoms with van der Waals surface area (Å²) in [7, 11) is -2.18. The maximum atomic E-state index is 13.2. The molecule has 0 aliphatic rings. The van der Waals surface area contributed by atoms with Crippen LogP contribution in [0.4, 0.5) is 14.5 Å². The summed E-state index contributed by atoms with van der Waals surface area (Å²) in [5.74, 6) is -1.60. The Hall–Kier alpha value is -3.01. The van der Waals surface area contributed by atoms with Crippen molar-refractivity contribution in [2.24, 2.45) is 0 Å². The molecule has 2 amide bonds. The molecule has 1 N–H and O–H groups in total. The molecule has 2 aromatic rings. The molecule has 10 heteroatoms. The Bertz CT molecular complexity index is 1030. The first-order chi connectivity index (χ1) is 15.0. The average Bonchev–Trinajstić information content (AvgIpc) is 2.75. The zero-order valence-corrected chi connectivity index (χ0v) is 19.0. The standard InChI is InChI=1S/C22H27F2N3O4S/c1-16(22(29)25-2)26(15-17-6-8-18(23)9-7-17)21(28)5-4-14-27(32(3,30)31)20-12-10-19(24)11-13-20/h6-13,16H,4-5,14-15H2,1-3H3,(H,25,29)/t16-/m1/s1. The third kappa shape index (κ3) is 7.01. The molecule has 0 aromatic heterocycles. The van der Waals surface area contributed by atoms with Crippen molar-refractivity contribution in [1.82, 2.24) is 10.2 Å². The lowest BCUT2D eigenvalue weighted by molar-refractivity contribution is -0.140. The van der Waals surface area contributed by atoms with Crippen LogP contribution >= 0.6 is 0 Å². The van der Waals surface area contributed by atoms with Crippen LogP contribution in [0.5, 0.6) is 0 Å². The third-order valence-electron chi connectivity index (χ3n) is 4.95. The Morgan fingerprint density at radius 3 is 2.03 bits per heavy atom. The number of hydrogen-bond acceptors (Lipinski definition) is 4. The van der Waals surface area contributed by atoms with Gasteiger partial charge in [-0.1, -0.05) is 12.1 Å². The highest BCUT2D eigenvalue weighted by Gasteiger charge is 2.26. The summed E-state index contributed by atoms with van der Waals surface area (Å²) in [6.45, 7) is 1.69. The SMILES string of the molecule is CNC(=O)[C@@H](C)N(Cc1ccc(F)cc1)C(=O)CCCN(c1ccc(F)cc1)S(C)(=O)=O. The number of hydrogen-bond donors (Lipinski definition) is 1. The first kappa shape index (κ1) is 25.3. The van der Waals surface area contributed by atoms with E-state index in [1.807, 2.05) is 0 Å². The molecule has 0 saturated carbocycles. The second-order valence-corrected chi connectivity index (χ2v) is 9.26. The van der Waals surface area contributed by atoms with Crippen molar-refractivity contribution in [3.05, 3.63) is 65.7 Å². The van der Waals surface area contributed by atoms with Gasteiger partial charge in [-0.3, -0.25) is 13.9 Å². The van der Waals surface area contributed by atoms with Crippen LogP contribution in [-0.2, 0) is 26.2 Å². The fraction of sp³-hybridized carbons (Fsp3) is 0.364. The van der Waals surface area contributed by atoms with E-state index in [2.05, 4.69) is 5.32 Å².